The lowest BCUT2D eigenvalue weighted by Crippen LogP contribution is -2.60. The van der Waals surface area contributed by atoms with Crippen molar-refractivity contribution in [3.63, 3.8) is 0 Å². The van der Waals surface area contributed by atoms with E-state index >= 15 is 0 Å². The van der Waals surface area contributed by atoms with Crippen molar-refractivity contribution >= 4 is 5.91 Å². The van der Waals surface area contributed by atoms with Gasteiger partial charge in [-0.05, 0) is 51.7 Å². The van der Waals surface area contributed by atoms with Gasteiger partial charge in [-0.1, -0.05) is 23.4 Å². The van der Waals surface area contributed by atoms with Crippen LogP contribution in [0.3, 0.4) is 0 Å². The van der Waals surface area contributed by atoms with E-state index in [2.05, 4.69) is 5.16 Å². The number of benzene rings is 1. The zero-order chi connectivity index (χ0) is 19.1. The van der Waals surface area contributed by atoms with Crippen LogP contribution in [0.25, 0.3) is 0 Å². The SMILES string of the molecule is Cc1onc(C(=O)N2CCC3(CC2)CCC3(C)O)c1COc1ccccc1. The van der Waals surface area contributed by atoms with E-state index in [0.29, 0.717) is 30.1 Å². The molecule has 1 saturated carbocycles. The first-order valence-electron chi connectivity index (χ1n) is 9.57. The average Bonchev–Trinajstić information content (AvgIpc) is 3.06. The van der Waals surface area contributed by atoms with Gasteiger partial charge in [0, 0.05) is 18.5 Å². The molecule has 0 radical (unpaired) electrons. The first-order chi connectivity index (χ1) is 12.9. The molecule has 1 spiro atoms. The first-order valence-corrected chi connectivity index (χ1v) is 9.57. The summed E-state index contributed by atoms with van der Waals surface area (Å²) in [5.41, 5.74) is 0.406. The Kier molecular flexibility index (Phi) is 4.46. The van der Waals surface area contributed by atoms with Crippen LogP contribution in [0.5, 0.6) is 5.75 Å². The number of aliphatic hydroxyl groups is 1. The summed E-state index contributed by atoms with van der Waals surface area (Å²) in [6.45, 7) is 5.24. The van der Waals surface area contributed by atoms with Crippen molar-refractivity contribution in [1.29, 1.82) is 0 Å². The van der Waals surface area contributed by atoms with Crippen LogP contribution in [0.1, 0.15) is 54.4 Å². The number of aromatic nitrogens is 1. The Bertz CT molecular complexity index is 820. The summed E-state index contributed by atoms with van der Waals surface area (Å²) in [4.78, 5) is 14.8. The number of para-hydroxylation sites is 1. The summed E-state index contributed by atoms with van der Waals surface area (Å²) in [6.07, 6.45) is 3.56. The van der Waals surface area contributed by atoms with Gasteiger partial charge in [-0.3, -0.25) is 4.79 Å². The monoisotopic (exact) mass is 370 g/mol. The number of nitrogens with zero attached hydrogens (tertiary/aromatic N) is 2. The van der Waals surface area contributed by atoms with Gasteiger partial charge in [0.25, 0.3) is 5.91 Å². The molecule has 0 bridgehead atoms. The largest absolute Gasteiger partial charge is 0.489 e. The zero-order valence-electron chi connectivity index (χ0n) is 15.9. The fourth-order valence-electron chi connectivity index (χ4n) is 4.32. The minimum atomic E-state index is -0.596. The van der Waals surface area contributed by atoms with Gasteiger partial charge in [0.05, 0.1) is 11.2 Å². The number of carbonyl (C=O) groups excluding carboxylic acids is 1. The molecule has 2 heterocycles. The summed E-state index contributed by atoms with van der Waals surface area (Å²) in [5.74, 6) is 1.22. The van der Waals surface area contributed by atoms with Crippen molar-refractivity contribution in [3.8, 4) is 5.75 Å². The number of rotatable bonds is 4. The maximum atomic E-state index is 13.0. The van der Waals surface area contributed by atoms with Crippen LogP contribution in [0.2, 0.25) is 0 Å². The maximum absolute atomic E-state index is 13.0. The van der Waals surface area contributed by atoms with Crippen LogP contribution < -0.4 is 4.74 Å². The van der Waals surface area contributed by atoms with Crippen LogP contribution in [-0.2, 0) is 6.61 Å². The predicted molar refractivity (Wildman–Crippen MR) is 99.4 cm³/mol. The van der Waals surface area contributed by atoms with Crippen molar-refractivity contribution in [1.82, 2.24) is 10.1 Å². The topological polar surface area (TPSA) is 75.8 Å². The van der Waals surface area contributed by atoms with E-state index in [1.807, 2.05) is 42.2 Å². The Morgan fingerprint density at radius 3 is 2.52 bits per heavy atom. The summed E-state index contributed by atoms with van der Waals surface area (Å²) in [5, 5.41) is 14.5. The molecule has 1 saturated heterocycles. The first kappa shape index (κ1) is 18.0. The van der Waals surface area contributed by atoms with Gasteiger partial charge in [-0.25, -0.2) is 0 Å². The lowest BCUT2D eigenvalue weighted by atomic mass is 9.53. The van der Waals surface area contributed by atoms with E-state index in [4.69, 9.17) is 9.26 Å². The molecule has 1 N–H and O–H groups in total. The molecule has 4 rings (SSSR count). The quantitative estimate of drug-likeness (QED) is 0.893. The molecule has 2 fully saturated rings. The Morgan fingerprint density at radius 2 is 1.93 bits per heavy atom. The van der Waals surface area contributed by atoms with Gasteiger partial charge in [-0.15, -0.1) is 0 Å². The van der Waals surface area contributed by atoms with Crippen molar-refractivity contribution in [2.75, 3.05) is 13.1 Å². The van der Waals surface area contributed by atoms with Gasteiger partial charge in [0.15, 0.2) is 5.69 Å². The van der Waals surface area contributed by atoms with Gasteiger partial charge < -0.3 is 19.3 Å². The van der Waals surface area contributed by atoms with Crippen LogP contribution >= 0.6 is 0 Å². The third-order valence-electron chi connectivity index (χ3n) is 6.55. The number of likely N-dealkylation sites (tertiary alicyclic amines) is 1. The second-order valence-electron chi connectivity index (χ2n) is 8.01. The number of hydrogen-bond acceptors (Lipinski definition) is 5. The average molecular weight is 370 g/mol. The third-order valence-corrected chi connectivity index (χ3v) is 6.55. The third kappa shape index (κ3) is 3.12. The second-order valence-corrected chi connectivity index (χ2v) is 8.01. The maximum Gasteiger partial charge on any atom is 0.276 e. The lowest BCUT2D eigenvalue weighted by molar-refractivity contribution is -0.174. The molecule has 27 heavy (non-hydrogen) atoms. The Balaban J connectivity index is 1.44. The molecule has 1 aliphatic heterocycles. The molecule has 1 aromatic carbocycles. The minimum Gasteiger partial charge on any atom is -0.489 e. The van der Waals surface area contributed by atoms with E-state index in [-0.39, 0.29) is 17.9 Å². The molecule has 1 unspecified atom stereocenters. The zero-order valence-corrected chi connectivity index (χ0v) is 15.9. The normalized spacial score (nSPS) is 23.9. The molecule has 1 aliphatic carbocycles. The number of hydrogen-bond donors (Lipinski definition) is 1. The smallest absolute Gasteiger partial charge is 0.276 e. The Morgan fingerprint density at radius 1 is 1.22 bits per heavy atom. The summed E-state index contributed by atoms with van der Waals surface area (Å²) >= 11 is 0. The van der Waals surface area contributed by atoms with Crippen molar-refractivity contribution in [3.05, 3.63) is 47.3 Å². The summed E-state index contributed by atoms with van der Waals surface area (Å²) in [7, 11) is 0. The van der Waals surface area contributed by atoms with E-state index in [1.54, 1.807) is 6.92 Å². The van der Waals surface area contributed by atoms with E-state index < -0.39 is 5.60 Å². The molecule has 2 aromatic rings. The summed E-state index contributed by atoms with van der Waals surface area (Å²) in [6, 6.07) is 9.48. The lowest BCUT2D eigenvalue weighted by Gasteiger charge is -2.58. The predicted octanol–water partition coefficient (Wildman–Crippen LogP) is 3.33. The second kappa shape index (κ2) is 6.68. The number of piperidine rings is 1. The van der Waals surface area contributed by atoms with Gasteiger partial charge >= 0.3 is 0 Å². The van der Waals surface area contributed by atoms with E-state index in [1.165, 1.54) is 0 Å². The fourth-order valence-corrected chi connectivity index (χ4v) is 4.32. The van der Waals surface area contributed by atoms with Crippen LogP contribution in [0.4, 0.5) is 0 Å². The van der Waals surface area contributed by atoms with Gasteiger partial charge in [0.1, 0.15) is 18.1 Å². The Hall–Kier alpha value is -2.34. The van der Waals surface area contributed by atoms with Gasteiger partial charge in [-0.2, -0.15) is 0 Å². The van der Waals surface area contributed by atoms with Crippen LogP contribution in [-0.4, -0.2) is 39.8 Å². The summed E-state index contributed by atoms with van der Waals surface area (Å²) < 4.78 is 11.1. The molecule has 1 amide bonds. The number of ether oxygens (including phenoxy) is 1. The van der Waals surface area contributed by atoms with Crippen molar-refractivity contribution in [2.45, 2.75) is 51.7 Å². The molecule has 1 atom stereocenters. The fraction of sp³-hybridized carbons (Fsp3) is 0.524. The number of aryl methyl sites for hydroxylation is 1. The standard InChI is InChI=1S/C21H26N2O4/c1-15-17(14-26-16-6-4-3-5-7-16)18(22-27-15)19(24)23-12-10-21(11-13-23)9-8-20(21,2)25/h3-7,25H,8-14H2,1-2H3. The molecule has 6 nitrogen and oxygen atoms in total. The molecule has 144 valence electrons. The van der Waals surface area contributed by atoms with Crippen LogP contribution in [0.15, 0.2) is 34.9 Å². The molecular weight excluding hydrogens is 344 g/mol. The highest BCUT2D eigenvalue weighted by atomic mass is 16.5. The van der Waals surface area contributed by atoms with E-state index in [9.17, 15) is 9.90 Å². The highest BCUT2D eigenvalue weighted by molar-refractivity contribution is 5.93. The molecule has 2 aliphatic rings. The highest BCUT2D eigenvalue weighted by Gasteiger charge is 2.56. The van der Waals surface area contributed by atoms with Crippen molar-refractivity contribution in [2.24, 2.45) is 5.41 Å². The van der Waals surface area contributed by atoms with E-state index in [0.717, 1.165) is 31.4 Å². The molecule has 6 heteroatoms. The Labute approximate surface area is 159 Å². The highest BCUT2D eigenvalue weighted by Crippen LogP contribution is 2.56. The molecule has 1 aromatic heterocycles. The number of carbonyl (C=O) groups is 1. The molecular formula is C21H26N2O4. The minimum absolute atomic E-state index is 0.0250. The van der Waals surface area contributed by atoms with Gasteiger partial charge in [0.2, 0.25) is 0 Å². The van der Waals surface area contributed by atoms with Crippen LogP contribution in [0, 0.1) is 12.3 Å². The van der Waals surface area contributed by atoms with Crippen molar-refractivity contribution < 1.29 is 19.2 Å². The number of amides is 1.